The fraction of sp³-hybridized carbons (Fsp3) is 0.556. The molecule has 1 atom stereocenters. The number of aromatic nitrogens is 3. The summed E-state index contributed by atoms with van der Waals surface area (Å²) in [5, 5.41) is 4.32. The molecule has 2 aromatic heterocycles. The molecule has 118 valence electrons. The molecule has 0 saturated carbocycles. The quantitative estimate of drug-likeness (QED) is 0.787. The lowest BCUT2D eigenvalue weighted by molar-refractivity contribution is 0.133. The third kappa shape index (κ3) is 4.41. The van der Waals surface area contributed by atoms with Gasteiger partial charge in [0.15, 0.2) is 0 Å². The zero-order valence-corrected chi connectivity index (χ0v) is 13.3. The summed E-state index contributed by atoms with van der Waals surface area (Å²) < 4.78 is 2.06. The summed E-state index contributed by atoms with van der Waals surface area (Å²) in [6.45, 7) is 3.51. The van der Waals surface area contributed by atoms with Crippen molar-refractivity contribution in [2.75, 3.05) is 13.1 Å². The van der Waals surface area contributed by atoms with E-state index in [0.717, 1.165) is 19.0 Å². The zero-order chi connectivity index (χ0) is 15.0. The van der Waals surface area contributed by atoms with Crippen LogP contribution in [-0.4, -0.2) is 38.8 Å². The molecule has 4 heteroatoms. The number of hydrogen-bond acceptors (Lipinski definition) is 3. The fourth-order valence-corrected chi connectivity index (χ4v) is 3.43. The second-order valence-corrected chi connectivity index (χ2v) is 6.21. The fourth-order valence-electron chi connectivity index (χ4n) is 3.43. The van der Waals surface area contributed by atoms with Crippen molar-refractivity contribution in [2.24, 2.45) is 0 Å². The first-order chi connectivity index (χ1) is 10.9. The molecule has 1 unspecified atom stereocenters. The van der Waals surface area contributed by atoms with E-state index in [1.807, 2.05) is 30.7 Å². The van der Waals surface area contributed by atoms with E-state index in [2.05, 4.69) is 31.9 Å². The van der Waals surface area contributed by atoms with Crippen LogP contribution in [0.5, 0.6) is 0 Å². The van der Waals surface area contributed by atoms with Gasteiger partial charge in [-0.25, -0.2) is 0 Å². The summed E-state index contributed by atoms with van der Waals surface area (Å²) in [4.78, 5) is 6.90. The monoisotopic (exact) mass is 298 g/mol. The number of hydrogen-bond donors (Lipinski definition) is 0. The minimum absolute atomic E-state index is 0.729. The van der Waals surface area contributed by atoms with Gasteiger partial charge in [-0.2, -0.15) is 5.10 Å². The molecule has 0 aliphatic carbocycles. The Balaban J connectivity index is 1.45. The molecule has 4 nitrogen and oxygen atoms in total. The van der Waals surface area contributed by atoms with Gasteiger partial charge >= 0.3 is 0 Å². The zero-order valence-electron chi connectivity index (χ0n) is 13.3. The van der Waals surface area contributed by atoms with Gasteiger partial charge in [0.1, 0.15) is 0 Å². The largest absolute Gasteiger partial charge is 0.300 e. The highest BCUT2D eigenvalue weighted by atomic mass is 15.3. The average Bonchev–Trinajstić information content (AvgIpc) is 3.08. The topological polar surface area (TPSA) is 34.0 Å². The Hall–Kier alpha value is -1.68. The minimum atomic E-state index is 0.729. The molecule has 2 aromatic rings. The second-order valence-electron chi connectivity index (χ2n) is 6.21. The molecule has 0 aromatic carbocycles. The lowest BCUT2D eigenvalue weighted by atomic mass is 9.98. The van der Waals surface area contributed by atoms with Gasteiger partial charge in [-0.05, 0) is 62.9 Å². The van der Waals surface area contributed by atoms with E-state index in [1.54, 1.807) is 0 Å². The normalized spacial score (nSPS) is 19.4. The van der Waals surface area contributed by atoms with E-state index in [0.29, 0.717) is 0 Å². The third-order valence-corrected chi connectivity index (χ3v) is 4.63. The number of likely N-dealkylation sites (tertiary alicyclic amines) is 1. The van der Waals surface area contributed by atoms with E-state index in [9.17, 15) is 0 Å². The Kier molecular flexibility index (Phi) is 5.59. The van der Waals surface area contributed by atoms with Crippen LogP contribution >= 0.6 is 0 Å². The third-order valence-electron chi connectivity index (χ3n) is 4.63. The van der Waals surface area contributed by atoms with Gasteiger partial charge in [-0.15, -0.1) is 0 Å². The molecule has 0 bridgehead atoms. The van der Waals surface area contributed by atoms with Crippen molar-refractivity contribution in [3.05, 3.63) is 48.5 Å². The van der Waals surface area contributed by atoms with Gasteiger partial charge in [0.2, 0.25) is 0 Å². The number of aryl methyl sites for hydroxylation is 2. The molecule has 0 radical (unpaired) electrons. The summed E-state index contributed by atoms with van der Waals surface area (Å²) in [6, 6.07) is 6.94. The standard InChI is InChI=1S/C18H26N4/c1-2-12-21(13-4-7-17-6-3-10-19-16-17)18(8-1)9-15-22-14-5-11-20-22/h3,5-6,10-11,14,16,18H,1-2,4,7-9,12-13,15H2. The van der Waals surface area contributed by atoms with Crippen molar-refractivity contribution in [1.29, 1.82) is 0 Å². The Morgan fingerprint density at radius 1 is 1.14 bits per heavy atom. The van der Waals surface area contributed by atoms with E-state index in [-0.39, 0.29) is 0 Å². The van der Waals surface area contributed by atoms with Gasteiger partial charge in [-0.3, -0.25) is 9.67 Å². The molecule has 0 N–H and O–H groups in total. The van der Waals surface area contributed by atoms with Crippen LogP contribution < -0.4 is 0 Å². The van der Waals surface area contributed by atoms with Crippen molar-refractivity contribution in [3.8, 4) is 0 Å². The van der Waals surface area contributed by atoms with E-state index < -0.39 is 0 Å². The Bertz CT molecular complexity index is 523. The Labute approximate surface area is 133 Å². The van der Waals surface area contributed by atoms with E-state index in [4.69, 9.17) is 0 Å². The smallest absolute Gasteiger partial charge is 0.0489 e. The second kappa shape index (κ2) is 8.08. The van der Waals surface area contributed by atoms with Crippen molar-refractivity contribution in [3.63, 3.8) is 0 Å². The minimum Gasteiger partial charge on any atom is -0.300 e. The molecule has 1 fully saturated rings. The molecule has 3 rings (SSSR count). The molecule has 1 aliphatic rings. The van der Waals surface area contributed by atoms with Crippen LogP contribution in [0, 0.1) is 0 Å². The first-order valence-corrected chi connectivity index (χ1v) is 8.52. The summed E-state index contributed by atoms with van der Waals surface area (Å²) in [7, 11) is 0. The van der Waals surface area contributed by atoms with Gasteiger partial charge in [0, 0.05) is 37.4 Å². The van der Waals surface area contributed by atoms with Crippen LogP contribution in [0.15, 0.2) is 43.0 Å². The van der Waals surface area contributed by atoms with Crippen LogP contribution in [0.25, 0.3) is 0 Å². The van der Waals surface area contributed by atoms with Crippen molar-refractivity contribution in [2.45, 2.75) is 51.1 Å². The van der Waals surface area contributed by atoms with E-state index in [1.165, 1.54) is 50.8 Å². The highest BCUT2D eigenvalue weighted by Crippen LogP contribution is 2.20. The highest BCUT2D eigenvalue weighted by Gasteiger charge is 2.21. The first-order valence-electron chi connectivity index (χ1n) is 8.52. The molecule has 1 saturated heterocycles. The predicted octanol–water partition coefficient (Wildman–Crippen LogP) is 3.16. The Morgan fingerprint density at radius 2 is 2.14 bits per heavy atom. The number of nitrogens with zero attached hydrogens (tertiary/aromatic N) is 4. The van der Waals surface area contributed by atoms with Crippen LogP contribution in [0.1, 0.15) is 37.7 Å². The predicted molar refractivity (Wildman–Crippen MR) is 88.6 cm³/mol. The number of pyridine rings is 1. The summed E-state index contributed by atoms with van der Waals surface area (Å²) in [5.41, 5.74) is 1.35. The van der Waals surface area contributed by atoms with Crippen LogP contribution in [0.4, 0.5) is 0 Å². The molecular weight excluding hydrogens is 272 g/mol. The van der Waals surface area contributed by atoms with Crippen LogP contribution in [0.3, 0.4) is 0 Å². The maximum Gasteiger partial charge on any atom is 0.0489 e. The maximum absolute atomic E-state index is 4.32. The van der Waals surface area contributed by atoms with Gasteiger partial charge < -0.3 is 4.90 Å². The molecule has 0 amide bonds. The van der Waals surface area contributed by atoms with Crippen LogP contribution in [0.2, 0.25) is 0 Å². The maximum atomic E-state index is 4.32. The summed E-state index contributed by atoms with van der Waals surface area (Å²) in [6.07, 6.45) is 15.4. The average molecular weight is 298 g/mol. The van der Waals surface area contributed by atoms with Crippen molar-refractivity contribution < 1.29 is 0 Å². The number of rotatable bonds is 7. The summed E-state index contributed by atoms with van der Waals surface area (Å²) >= 11 is 0. The van der Waals surface area contributed by atoms with Gasteiger partial charge in [0.25, 0.3) is 0 Å². The number of piperidine rings is 1. The van der Waals surface area contributed by atoms with Gasteiger partial charge in [-0.1, -0.05) is 12.5 Å². The molecular formula is C18H26N4. The lowest BCUT2D eigenvalue weighted by Crippen LogP contribution is -2.40. The highest BCUT2D eigenvalue weighted by molar-refractivity contribution is 5.08. The van der Waals surface area contributed by atoms with Crippen molar-refractivity contribution >= 4 is 0 Å². The SMILES string of the molecule is c1cncc(CCCN2CCCCC2CCn2cccn2)c1. The molecule has 0 spiro atoms. The van der Waals surface area contributed by atoms with Gasteiger partial charge in [0.05, 0.1) is 0 Å². The van der Waals surface area contributed by atoms with Crippen LogP contribution in [-0.2, 0) is 13.0 Å². The summed E-state index contributed by atoms with van der Waals surface area (Å²) in [5.74, 6) is 0. The molecule has 1 aliphatic heterocycles. The van der Waals surface area contributed by atoms with E-state index >= 15 is 0 Å². The molecule has 22 heavy (non-hydrogen) atoms. The first kappa shape index (κ1) is 15.2. The molecule has 3 heterocycles. The lowest BCUT2D eigenvalue weighted by Gasteiger charge is -2.35. The Morgan fingerprint density at radius 3 is 2.95 bits per heavy atom. The van der Waals surface area contributed by atoms with Crippen molar-refractivity contribution in [1.82, 2.24) is 19.7 Å².